The molecule has 0 aromatic heterocycles. The number of ether oxygens (including phenoxy) is 1. The van der Waals surface area contributed by atoms with Crippen LogP contribution in [-0.2, 0) is 9.53 Å². The van der Waals surface area contributed by atoms with Crippen LogP contribution in [0.4, 0.5) is 4.39 Å². The highest BCUT2D eigenvalue weighted by Crippen LogP contribution is 2.35. The minimum atomic E-state index is -0.670. The van der Waals surface area contributed by atoms with Crippen molar-refractivity contribution in [2.45, 2.75) is 38.3 Å². The van der Waals surface area contributed by atoms with E-state index >= 15 is 0 Å². The van der Waals surface area contributed by atoms with Crippen molar-refractivity contribution in [3.05, 3.63) is 47.0 Å². The van der Waals surface area contributed by atoms with Crippen LogP contribution in [0.5, 0.6) is 0 Å². The van der Waals surface area contributed by atoms with Gasteiger partial charge < -0.3 is 14.7 Å². The van der Waals surface area contributed by atoms with E-state index in [2.05, 4.69) is 0 Å². The van der Waals surface area contributed by atoms with Gasteiger partial charge in [0, 0.05) is 6.54 Å². The van der Waals surface area contributed by atoms with Gasteiger partial charge in [0.25, 0.3) is 5.91 Å². The number of halogens is 1. The molecule has 1 fully saturated rings. The van der Waals surface area contributed by atoms with E-state index in [1.54, 1.807) is 24.0 Å². The average molecular weight is 305 g/mol. The molecule has 0 radical (unpaired) electrons. The number of amides is 1. The number of hydrogen-bond donors (Lipinski definition) is 1. The van der Waals surface area contributed by atoms with Crippen LogP contribution in [0, 0.1) is 5.82 Å². The molecule has 1 amide bonds. The molecule has 2 heterocycles. The van der Waals surface area contributed by atoms with Gasteiger partial charge in [-0.1, -0.05) is 12.1 Å². The number of hydrogen-bond acceptors (Lipinski definition) is 3. The van der Waals surface area contributed by atoms with Gasteiger partial charge in [0.05, 0.1) is 24.3 Å². The Balaban J connectivity index is 1.90. The number of benzene rings is 1. The minimum absolute atomic E-state index is 0.108. The Morgan fingerprint density at radius 1 is 1.45 bits per heavy atom. The van der Waals surface area contributed by atoms with Crippen LogP contribution in [0.3, 0.4) is 0 Å². The van der Waals surface area contributed by atoms with Crippen molar-refractivity contribution in [2.75, 3.05) is 13.2 Å². The predicted molar refractivity (Wildman–Crippen MR) is 79.4 cm³/mol. The second-order valence-corrected chi connectivity index (χ2v) is 5.84. The molecule has 22 heavy (non-hydrogen) atoms. The molecule has 4 nitrogen and oxygen atoms in total. The fourth-order valence-corrected chi connectivity index (χ4v) is 3.26. The number of aliphatic hydroxyl groups excluding tert-OH is 1. The van der Waals surface area contributed by atoms with Crippen LogP contribution < -0.4 is 0 Å². The van der Waals surface area contributed by atoms with E-state index in [0.717, 1.165) is 6.42 Å². The number of nitrogens with zero attached hydrogens (tertiary/aromatic N) is 1. The van der Waals surface area contributed by atoms with E-state index in [9.17, 15) is 14.3 Å². The molecule has 1 saturated heterocycles. The maximum atomic E-state index is 13.5. The third kappa shape index (κ3) is 2.73. The van der Waals surface area contributed by atoms with Gasteiger partial charge in [-0.15, -0.1) is 0 Å². The van der Waals surface area contributed by atoms with Gasteiger partial charge in [0.15, 0.2) is 0 Å². The Kier molecular flexibility index (Phi) is 4.16. The van der Waals surface area contributed by atoms with Gasteiger partial charge in [-0.3, -0.25) is 4.79 Å². The molecule has 2 aliphatic rings. The summed E-state index contributed by atoms with van der Waals surface area (Å²) in [5.74, 6) is 0.194. The van der Waals surface area contributed by atoms with E-state index in [-0.39, 0.29) is 11.7 Å². The van der Waals surface area contributed by atoms with Gasteiger partial charge >= 0.3 is 0 Å². The van der Waals surface area contributed by atoms with Gasteiger partial charge in [0.1, 0.15) is 11.6 Å². The standard InChI is InChI=1S/C17H20FNO3/c1-11-14(6-3-9-22-11)17(21)19-8-7-15(20)16(19)12-4-2-5-13(18)10-12/h2,4-5,10,15-16,20H,3,6-9H2,1H3/t15-,16-/m1/s1. The van der Waals surface area contributed by atoms with Crippen molar-refractivity contribution in [3.8, 4) is 0 Å². The maximum absolute atomic E-state index is 13.5. The topological polar surface area (TPSA) is 49.8 Å². The first-order chi connectivity index (χ1) is 10.6. The lowest BCUT2D eigenvalue weighted by Gasteiger charge is -2.29. The zero-order chi connectivity index (χ0) is 15.7. The van der Waals surface area contributed by atoms with E-state index < -0.39 is 12.1 Å². The molecule has 1 N–H and O–H groups in total. The lowest BCUT2D eigenvalue weighted by atomic mass is 10.00. The van der Waals surface area contributed by atoms with Crippen molar-refractivity contribution in [1.82, 2.24) is 4.90 Å². The monoisotopic (exact) mass is 305 g/mol. The summed E-state index contributed by atoms with van der Waals surface area (Å²) in [5.41, 5.74) is 1.30. The van der Waals surface area contributed by atoms with Crippen molar-refractivity contribution < 1.29 is 19.0 Å². The highest BCUT2D eigenvalue weighted by Gasteiger charge is 2.39. The minimum Gasteiger partial charge on any atom is -0.498 e. The van der Waals surface area contributed by atoms with Crippen molar-refractivity contribution in [1.29, 1.82) is 0 Å². The molecule has 0 saturated carbocycles. The van der Waals surface area contributed by atoms with E-state index in [4.69, 9.17) is 4.74 Å². The number of likely N-dealkylation sites (tertiary alicyclic amines) is 1. The summed E-state index contributed by atoms with van der Waals surface area (Å²) < 4.78 is 18.9. The molecular formula is C17H20FNO3. The van der Waals surface area contributed by atoms with Crippen molar-refractivity contribution >= 4 is 5.91 Å². The summed E-state index contributed by atoms with van der Waals surface area (Å²) >= 11 is 0. The molecule has 0 unspecified atom stereocenters. The Morgan fingerprint density at radius 3 is 3.00 bits per heavy atom. The quantitative estimate of drug-likeness (QED) is 0.913. The van der Waals surface area contributed by atoms with Crippen LogP contribution in [-0.4, -0.2) is 35.2 Å². The highest BCUT2D eigenvalue weighted by molar-refractivity contribution is 5.94. The van der Waals surface area contributed by atoms with Gasteiger partial charge in [0.2, 0.25) is 0 Å². The zero-order valence-corrected chi connectivity index (χ0v) is 12.6. The number of aliphatic hydroxyl groups is 1. The Morgan fingerprint density at radius 2 is 2.27 bits per heavy atom. The maximum Gasteiger partial charge on any atom is 0.253 e. The summed E-state index contributed by atoms with van der Waals surface area (Å²) in [6.45, 7) is 2.91. The molecule has 0 bridgehead atoms. The van der Waals surface area contributed by atoms with Crippen LogP contribution >= 0.6 is 0 Å². The Labute approximate surface area is 129 Å². The van der Waals surface area contributed by atoms with Gasteiger partial charge in [-0.2, -0.15) is 0 Å². The average Bonchev–Trinajstić information content (AvgIpc) is 2.89. The fourth-order valence-electron chi connectivity index (χ4n) is 3.26. The van der Waals surface area contributed by atoms with Gasteiger partial charge in [-0.25, -0.2) is 4.39 Å². The van der Waals surface area contributed by atoms with E-state index in [0.29, 0.717) is 42.9 Å². The molecule has 0 spiro atoms. The summed E-state index contributed by atoms with van der Waals surface area (Å²) in [5, 5.41) is 10.3. The van der Waals surface area contributed by atoms with Crippen LogP contribution in [0.25, 0.3) is 0 Å². The number of allylic oxidation sites excluding steroid dienone is 1. The number of carbonyl (C=O) groups is 1. The van der Waals surface area contributed by atoms with E-state index in [1.165, 1.54) is 12.1 Å². The van der Waals surface area contributed by atoms with Crippen molar-refractivity contribution in [2.24, 2.45) is 0 Å². The van der Waals surface area contributed by atoms with Crippen LogP contribution in [0.2, 0.25) is 0 Å². The molecular weight excluding hydrogens is 285 g/mol. The highest BCUT2D eigenvalue weighted by atomic mass is 19.1. The first kappa shape index (κ1) is 15.0. The second kappa shape index (κ2) is 6.08. The third-order valence-electron chi connectivity index (χ3n) is 4.39. The number of carbonyl (C=O) groups excluding carboxylic acids is 1. The van der Waals surface area contributed by atoms with E-state index in [1.807, 2.05) is 0 Å². The normalized spacial score (nSPS) is 25.3. The molecule has 2 aliphatic heterocycles. The first-order valence-corrected chi connectivity index (χ1v) is 7.65. The molecule has 1 aromatic rings. The molecule has 0 aliphatic carbocycles. The smallest absolute Gasteiger partial charge is 0.253 e. The van der Waals surface area contributed by atoms with Crippen LogP contribution in [0.15, 0.2) is 35.6 Å². The third-order valence-corrected chi connectivity index (χ3v) is 4.39. The summed E-state index contributed by atoms with van der Waals surface area (Å²) in [4.78, 5) is 14.5. The zero-order valence-electron chi connectivity index (χ0n) is 12.6. The first-order valence-electron chi connectivity index (χ1n) is 7.65. The summed E-state index contributed by atoms with van der Waals surface area (Å²) in [6, 6.07) is 5.61. The Bertz CT molecular complexity index is 614. The Hall–Kier alpha value is -1.88. The SMILES string of the molecule is CC1=C(C(=O)N2CC[C@@H](O)[C@H]2c2cccc(F)c2)CCCO1. The summed E-state index contributed by atoms with van der Waals surface area (Å²) in [6.07, 6.45) is 1.34. The lowest BCUT2D eigenvalue weighted by molar-refractivity contribution is -0.129. The fraction of sp³-hybridized carbons (Fsp3) is 0.471. The molecule has 118 valence electrons. The summed E-state index contributed by atoms with van der Waals surface area (Å²) in [7, 11) is 0. The lowest BCUT2D eigenvalue weighted by Crippen LogP contribution is -2.35. The molecule has 1 aromatic carbocycles. The van der Waals surface area contributed by atoms with Crippen molar-refractivity contribution in [3.63, 3.8) is 0 Å². The molecule has 3 rings (SSSR count). The van der Waals surface area contributed by atoms with Gasteiger partial charge in [-0.05, 0) is 43.9 Å². The largest absolute Gasteiger partial charge is 0.498 e. The molecule has 5 heteroatoms. The predicted octanol–water partition coefficient (Wildman–Crippen LogP) is 2.54. The second-order valence-electron chi connectivity index (χ2n) is 5.84. The molecule has 2 atom stereocenters. The number of rotatable bonds is 2. The van der Waals surface area contributed by atoms with Crippen LogP contribution in [0.1, 0.15) is 37.8 Å².